The quantitative estimate of drug-likeness (QED) is 0.722. The summed E-state index contributed by atoms with van der Waals surface area (Å²) in [7, 11) is 0. The molecule has 0 aliphatic heterocycles. The van der Waals surface area contributed by atoms with E-state index in [0.717, 1.165) is 16.9 Å². The molecular weight excluding hydrogens is 234 g/mol. The van der Waals surface area contributed by atoms with Gasteiger partial charge in [-0.15, -0.1) is 0 Å². The van der Waals surface area contributed by atoms with Crippen LogP contribution in [-0.4, -0.2) is 14.6 Å². The van der Waals surface area contributed by atoms with Crippen LogP contribution in [0, 0.1) is 0 Å². The average Bonchev–Trinajstić information content (AvgIpc) is 2.60. The van der Waals surface area contributed by atoms with Crippen molar-refractivity contribution < 1.29 is 0 Å². The third-order valence-electron chi connectivity index (χ3n) is 2.85. The number of hydrogen-bond acceptors (Lipinski definition) is 2. The molecule has 2 rings (SSSR count). The maximum Gasteiger partial charge on any atom is 0.160 e. The Balaban J connectivity index is 2.74. The molecule has 0 N–H and O–H groups in total. The third kappa shape index (κ3) is 2.16. The van der Waals surface area contributed by atoms with E-state index in [4.69, 9.17) is 16.6 Å². The van der Waals surface area contributed by atoms with E-state index in [2.05, 4.69) is 39.7 Å². The zero-order valence-electron chi connectivity index (χ0n) is 11.0. The molecule has 0 amide bonds. The first kappa shape index (κ1) is 12.4. The van der Waals surface area contributed by atoms with Crippen LogP contribution in [0.15, 0.2) is 12.3 Å². The Kier molecular flexibility index (Phi) is 2.90. The summed E-state index contributed by atoms with van der Waals surface area (Å²) in [5.74, 6) is 0.395. The number of fused-ring (bicyclic) bond motifs is 1. The summed E-state index contributed by atoms with van der Waals surface area (Å²) in [6.07, 6.45) is 1.85. The Bertz CT molecular complexity index is 550. The van der Waals surface area contributed by atoms with Gasteiger partial charge in [-0.3, -0.25) is 0 Å². The predicted octanol–water partition coefficient (Wildman–Crippen LogP) is 3.80. The minimum atomic E-state index is -0.0100. The van der Waals surface area contributed by atoms with Crippen LogP contribution in [-0.2, 0) is 5.41 Å². The molecule has 2 heterocycles. The Labute approximate surface area is 107 Å². The Morgan fingerprint density at radius 1 is 1.29 bits per heavy atom. The van der Waals surface area contributed by atoms with E-state index < -0.39 is 0 Å². The first-order valence-corrected chi connectivity index (χ1v) is 6.23. The number of nitrogens with zero attached hydrogens (tertiary/aromatic N) is 3. The van der Waals surface area contributed by atoms with Crippen LogP contribution in [0.25, 0.3) is 5.65 Å². The molecule has 0 atom stereocenters. The van der Waals surface area contributed by atoms with Crippen molar-refractivity contribution >= 4 is 17.2 Å². The van der Waals surface area contributed by atoms with Gasteiger partial charge in [-0.1, -0.05) is 46.2 Å². The molecule has 0 unspecified atom stereocenters. The molecule has 0 bridgehead atoms. The molecule has 0 saturated heterocycles. The molecule has 4 heteroatoms. The van der Waals surface area contributed by atoms with E-state index in [-0.39, 0.29) is 5.41 Å². The van der Waals surface area contributed by atoms with Gasteiger partial charge in [0.2, 0.25) is 0 Å². The van der Waals surface area contributed by atoms with Gasteiger partial charge in [-0.25, -0.2) is 9.50 Å². The van der Waals surface area contributed by atoms with Crippen LogP contribution in [0.3, 0.4) is 0 Å². The molecule has 92 valence electrons. The minimum Gasteiger partial charge on any atom is -0.233 e. The molecule has 0 radical (unpaired) electrons. The zero-order valence-corrected chi connectivity index (χ0v) is 11.7. The van der Waals surface area contributed by atoms with Gasteiger partial charge < -0.3 is 0 Å². The lowest BCUT2D eigenvalue weighted by Gasteiger charge is -2.18. The topological polar surface area (TPSA) is 30.2 Å². The fourth-order valence-corrected chi connectivity index (χ4v) is 1.96. The highest BCUT2D eigenvalue weighted by atomic mass is 35.5. The summed E-state index contributed by atoms with van der Waals surface area (Å²) >= 11 is 6.25. The molecular formula is C13H18ClN3. The van der Waals surface area contributed by atoms with Gasteiger partial charge >= 0.3 is 0 Å². The van der Waals surface area contributed by atoms with Crippen molar-refractivity contribution in [1.29, 1.82) is 0 Å². The molecule has 0 aliphatic rings. The van der Waals surface area contributed by atoms with Crippen molar-refractivity contribution in [2.75, 3.05) is 0 Å². The second-order valence-electron chi connectivity index (χ2n) is 5.70. The van der Waals surface area contributed by atoms with Gasteiger partial charge in [0.05, 0.1) is 11.9 Å². The molecule has 0 aliphatic carbocycles. The van der Waals surface area contributed by atoms with Gasteiger partial charge in [-0.2, -0.15) is 5.10 Å². The van der Waals surface area contributed by atoms with Gasteiger partial charge in [0.15, 0.2) is 5.65 Å². The van der Waals surface area contributed by atoms with Crippen LogP contribution < -0.4 is 0 Å². The normalized spacial score (nSPS) is 12.6. The van der Waals surface area contributed by atoms with Crippen molar-refractivity contribution in [3.05, 3.63) is 28.7 Å². The van der Waals surface area contributed by atoms with Crippen molar-refractivity contribution in [2.24, 2.45) is 0 Å². The maximum atomic E-state index is 6.25. The van der Waals surface area contributed by atoms with E-state index in [9.17, 15) is 0 Å². The maximum absolute atomic E-state index is 6.25. The minimum absolute atomic E-state index is 0.0100. The third-order valence-corrected chi connectivity index (χ3v) is 3.12. The van der Waals surface area contributed by atoms with Crippen molar-refractivity contribution in [3.8, 4) is 0 Å². The Morgan fingerprint density at radius 3 is 2.47 bits per heavy atom. The Hall–Kier alpha value is -1.09. The van der Waals surface area contributed by atoms with Crippen LogP contribution in [0.2, 0.25) is 5.15 Å². The smallest absolute Gasteiger partial charge is 0.160 e. The largest absolute Gasteiger partial charge is 0.233 e. The molecule has 3 nitrogen and oxygen atoms in total. The van der Waals surface area contributed by atoms with Crippen LogP contribution >= 0.6 is 11.6 Å². The number of rotatable bonds is 1. The van der Waals surface area contributed by atoms with Crippen LogP contribution in [0.4, 0.5) is 0 Å². The van der Waals surface area contributed by atoms with E-state index in [1.807, 2.05) is 12.3 Å². The van der Waals surface area contributed by atoms with Crippen LogP contribution in [0.5, 0.6) is 0 Å². The summed E-state index contributed by atoms with van der Waals surface area (Å²) in [5.41, 5.74) is 3.00. The highest BCUT2D eigenvalue weighted by Gasteiger charge is 2.20. The summed E-state index contributed by atoms with van der Waals surface area (Å²) in [4.78, 5) is 4.70. The van der Waals surface area contributed by atoms with Crippen molar-refractivity contribution in [1.82, 2.24) is 14.6 Å². The molecule has 0 fully saturated rings. The number of aromatic nitrogens is 3. The summed E-state index contributed by atoms with van der Waals surface area (Å²) in [5, 5.41) is 4.90. The van der Waals surface area contributed by atoms with E-state index in [1.165, 1.54) is 0 Å². The van der Waals surface area contributed by atoms with E-state index in [1.54, 1.807) is 4.52 Å². The SMILES string of the molecule is CC(C)c1cnn2c(Cl)cc(C(C)(C)C)nc12. The lowest BCUT2D eigenvalue weighted by Crippen LogP contribution is -2.15. The monoisotopic (exact) mass is 251 g/mol. The van der Waals surface area contributed by atoms with Crippen molar-refractivity contribution in [3.63, 3.8) is 0 Å². The summed E-state index contributed by atoms with van der Waals surface area (Å²) in [6.45, 7) is 10.7. The first-order chi connectivity index (χ1) is 7.80. The van der Waals surface area contributed by atoms with E-state index >= 15 is 0 Å². The van der Waals surface area contributed by atoms with Crippen LogP contribution in [0.1, 0.15) is 51.8 Å². The predicted molar refractivity (Wildman–Crippen MR) is 70.8 cm³/mol. The van der Waals surface area contributed by atoms with Gasteiger partial charge in [-0.05, 0) is 12.0 Å². The van der Waals surface area contributed by atoms with E-state index in [0.29, 0.717) is 11.1 Å². The molecule has 0 spiro atoms. The highest BCUT2D eigenvalue weighted by Crippen LogP contribution is 2.27. The zero-order chi connectivity index (χ0) is 12.8. The lowest BCUT2D eigenvalue weighted by atomic mass is 9.92. The fraction of sp³-hybridized carbons (Fsp3) is 0.538. The Morgan fingerprint density at radius 2 is 1.94 bits per heavy atom. The second-order valence-corrected chi connectivity index (χ2v) is 6.09. The molecule has 2 aromatic rings. The standard InChI is InChI=1S/C13H18ClN3/c1-8(2)9-7-15-17-11(14)6-10(13(3,4)5)16-12(9)17/h6-8H,1-5H3. The summed E-state index contributed by atoms with van der Waals surface area (Å²) in [6, 6.07) is 1.89. The average molecular weight is 252 g/mol. The second kappa shape index (κ2) is 3.98. The number of halogens is 1. The number of hydrogen-bond donors (Lipinski definition) is 0. The molecule has 17 heavy (non-hydrogen) atoms. The lowest BCUT2D eigenvalue weighted by molar-refractivity contribution is 0.568. The van der Waals surface area contributed by atoms with Gasteiger partial charge in [0, 0.05) is 11.0 Å². The highest BCUT2D eigenvalue weighted by molar-refractivity contribution is 6.29. The molecule has 0 saturated carbocycles. The first-order valence-electron chi connectivity index (χ1n) is 5.85. The summed E-state index contributed by atoms with van der Waals surface area (Å²) < 4.78 is 1.70. The van der Waals surface area contributed by atoms with Gasteiger partial charge in [0.25, 0.3) is 0 Å². The fourth-order valence-electron chi connectivity index (χ4n) is 1.73. The molecule has 0 aromatic carbocycles. The molecule has 2 aromatic heterocycles. The van der Waals surface area contributed by atoms with Crippen molar-refractivity contribution in [2.45, 2.75) is 46.0 Å². The van der Waals surface area contributed by atoms with Gasteiger partial charge in [0.1, 0.15) is 5.15 Å².